The van der Waals surface area contributed by atoms with Crippen LogP contribution in [0.3, 0.4) is 0 Å². The number of fused-ring (bicyclic) bond motifs is 7. The first kappa shape index (κ1) is 43.1. The first-order valence-corrected chi connectivity index (χ1v) is 24.3. The van der Waals surface area contributed by atoms with E-state index in [0.717, 1.165) is 28.3 Å². The molecule has 0 fully saturated rings. The molecule has 1 aromatic heterocycles. The highest BCUT2D eigenvalue weighted by molar-refractivity contribution is 7.01. The SMILES string of the molecule is Cc1cc(C(C)(C)C)cc(C)c1N1c2cccc3c2B(c2cc(C4Oc5ccccc5C4C)ccc2N3c2c(C)cc(C(C)(C)C)cc2-c2ccccc2)c2c1oc1ccc(C(C)(C)C)cc21. The van der Waals surface area contributed by atoms with Crippen LogP contribution in [0, 0.1) is 20.8 Å². The largest absolute Gasteiger partial charge is 0.485 e. The van der Waals surface area contributed by atoms with Crippen molar-refractivity contribution in [2.24, 2.45) is 0 Å². The number of rotatable bonds is 4. The van der Waals surface area contributed by atoms with E-state index in [-0.39, 0.29) is 35.0 Å². The Labute approximate surface area is 398 Å². The zero-order valence-corrected chi connectivity index (χ0v) is 41.6. The molecule has 3 aliphatic heterocycles. The van der Waals surface area contributed by atoms with Crippen LogP contribution in [0.1, 0.15) is 126 Å². The normalized spacial score (nSPS) is 16.5. The molecule has 0 spiro atoms. The Bertz CT molecular complexity index is 3280. The third-order valence-corrected chi connectivity index (χ3v) is 15.0. The predicted octanol–water partition coefficient (Wildman–Crippen LogP) is 15.2. The van der Waals surface area contributed by atoms with Gasteiger partial charge in [-0.2, -0.15) is 0 Å². The molecule has 0 amide bonds. The number of ether oxygens (including phenoxy) is 1. The molecule has 0 N–H and O–H groups in total. The molecule has 3 aliphatic rings. The topological polar surface area (TPSA) is 28.9 Å². The van der Waals surface area contributed by atoms with Gasteiger partial charge in [0.05, 0.1) is 11.4 Å². The molecular weight excluding hydrogens is 816 g/mol. The van der Waals surface area contributed by atoms with Crippen LogP contribution >= 0.6 is 0 Å². The summed E-state index contributed by atoms with van der Waals surface area (Å²) < 4.78 is 14.2. The molecule has 5 heteroatoms. The molecule has 4 nitrogen and oxygen atoms in total. The summed E-state index contributed by atoms with van der Waals surface area (Å²) in [6, 6.07) is 50.3. The first-order valence-electron chi connectivity index (χ1n) is 24.3. The molecule has 0 saturated carbocycles. The van der Waals surface area contributed by atoms with Gasteiger partial charge >= 0.3 is 0 Å². The van der Waals surface area contributed by atoms with E-state index < -0.39 is 0 Å². The van der Waals surface area contributed by atoms with Gasteiger partial charge in [-0.15, -0.1) is 0 Å². The molecule has 336 valence electrons. The summed E-state index contributed by atoms with van der Waals surface area (Å²) in [6.07, 6.45) is -0.125. The van der Waals surface area contributed by atoms with Crippen LogP contribution in [-0.2, 0) is 16.2 Å². The van der Waals surface area contributed by atoms with Crippen molar-refractivity contribution < 1.29 is 9.15 Å². The van der Waals surface area contributed by atoms with Crippen molar-refractivity contribution in [3.05, 3.63) is 178 Å². The maximum absolute atomic E-state index is 7.33. The number of benzene rings is 7. The molecule has 4 heterocycles. The zero-order valence-electron chi connectivity index (χ0n) is 41.6. The smallest absolute Gasteiger partial charge is 0.257 e. The van der Waals surface area contributed by atoms with E-state index in [9.17, 15) is 0 Å². The minimum atomic E-state index is -0.136. The number of hydrogen-bond donors (Lipinski definition) is 0. The fourth-order valence-electron chi connectivity index (χ4n) is 11.4. The lowest BCUT2D eigenvalue weighted by Gasteiger charge is -2.44. The van der Waals surface area contributed by atoms with E-state index in [1.807, 2.05) is 0 Å². The molecule has 0 saturated heterocycles. The Morgan fingerprint density at radius 2 is 1.13 bits per heavy atom. The van der Waals surface area contributed by atoms with Crippen LogP contribution in [0.4, 0.5) is 34.3 Å². The fraction of sp³-hybridized carbons (Fsp3) is 0.290. The lowest BCUT2D eigenvalue weighted by atomic mass is 9.33. The molecule has 0 aliphatic carbocycles. The molecule has 0 bridgehead atoms. The van der Waals surface area contributed by atoms with Crippen molar-refractivity contribution in [1.82, 2.24) is 0 Å². The third kappa shape index (κ3) is 6.78. The van der Waals surface area contributed by atoms with Gasteiger partial charge in [-0.1, -0.05) is 160 Å². The third-order valence-electron chi connectivity index (χ3n) is 15.0. The fourth-order valence-corrected chi connectivity index (χ4v) is 11.4. The second-order valence-corrected chi connectivity index (χ2v) is 22.8. The summed E-state index contributed by atoms with van der Waals surface area (Å²) in [6.45, 7) is 29.8. The van der Waals surface area contributed by atoms with Crippen LogP contribution in [0.15, 0.2) is 138 Å². The summed E-state index contributed by atoms with van der Waals surface area (Å²) in [5.74, 6) is 2.06. The van der Waals surface area contributed by atoms with Crippen LogP contribution < -0.4 is 30.9 Å². The van der Waals surface area contributed by atoms with Crippen molar-refractivity contribution in [2.45, 2.75) is 118 Å². The molecule has 2 atom stereocenters. The molecule has 67 heavy (non-hydrogen) atoms. The molecule has 7 aromatic carbocycles. The van der Waals surface area contributed by atoms with Gasteiger partial charge in [-0.05, 0) is 135 Å². The monoisotopic (exact) mass is 878 g/mol. The Hall–Kier alpha value is -6.46. The molecule has 11 rings (SSSR count). The maximum Gasteiger partial charge on any atom is 0.257 e. The average molecular weight is 879 g/mol. The van der Waals surface area contributed by atoms with Crippen molar-refractivity contribution in [1.29, 1.82) is 0 Å². The van der Waals surface area contributed by atoms with Crippen molar-refractivity contribution >= 4 is 68.4 Å². The van der Waals surface area contributed by atoms with Crippen LogP contribution in [-0.4, -0.2) is 6.71 Å². The quantitative estimate of drug-likeness (QED) is 0.165. The molecule has 2 unspecified atom stereocenters. The van der Waals surface area contributed by atoms with E-state index in [1.165, 1.54) is 94.8 Å². The van der Waals surface area contributed by atoms with E-state index in [2.05, 4.69) is 233 Å². The lowest BCUT2D eigenvalue weighted by molar-refractivity contribution is 0.216. The number of anilines is 6. The van der Waals surface area contributed by atoms with Gasteiger partial charge in [0.1, 0.15) is 17.4 Å². The second-order valence-electron chi connectivity index (χ2n) is 22.8. The summed E-state index contributed by atoms with van der Waals surface area (Å²) >= 11 is 0. The summed E-state index contributed by atoms with van der Waals surface area (Å²) in [5.41, 5.74) is 22.9. The number of aryl methyl sites for hydroxylation is 3. The maximum atomic E-state index is 7.33. The Kier molecular flexibility index (Phi) is 9.67. The van der Waals surface area contributed by atoms with Crippen LogP contribution in [0.5, 0.6) is 5.75 Å². The standard InChI is InChI=1S/C62H63BN2O2/c1-36-30-43(61(8,9)10)31-37(2)56(36)65-51-24-19-23-50-55(51)63(54-47-34-42(60(5,6)7)27-29-53(47)67-59(54)65)48-33-41(58-39(4)45-22-17-18-25-52(45)66-58)26-28-49(48)64(50)57-38(3)32-44(62(11,12)13)35-46(57)40-20-15-14-16-21-40/h14-35,39,58H,1-13H3. The molecule has 8 aromatic rings. The Morgan fingerprint density at radius 3 is 1.79 bits per heavy atom. The van der Waals surface area contributed by atoms with Gasteiger partial charge in [0.2, 0.25) is 5.88 Å². The van der Waals surface area contributed by atoms with Gasteiger partial charge in [-0.25, -0.2) is 0 Å². The summed E-state index contributed by atoms with van der Waals surface area (Å²) in [4.78, 5) is 5.07. The number of furan rings is 1. The number of para-hydroxylation sites is 1. The van der Waals surface area contributed by atoms with Gasteiger partial charge < -0.3 is 14.1 Å². The predicted molar refractivity (Wildman–Crippen MR) is 284 cm³/mol. The van der Waals surface area contributed by atoms with Crippen LogP contribution in [0.2, 0.25) is 0 Å². The van der Waals surface area contributed by atoms with Gasteiger partial charge in [-0.3, -0.25) is 4.90 Å². The Morgan fingerprint density at radius 1 is 0.522 bits per heavy atom. The van der Waals surface area contributed by atoms with Crippen molar-refractivity contribution in [3.63, 3.8) is 0 Å². The number of nitrogens with zero attached hydrogens (tertiary/aromatic N) is 2. The van der Waals surface area contributed by atoms with E-state index >= 15 is 0 Å². The number of hydrogen-bond acceptors (Lipinski definition) is 4. The highest BCUT2D eigenvalue weighted by atomic mass is 16.5. The van der Waals surface area contributed by atoms with Crippen molar-refractivity contribution in [2.75, 3.05) is 9.80 Å². The van der Waals surface area contributed by atoms with E-state index in [0.29, 0.717) is 0 Å². The summed E-state index contributed by atoms with van der Waals surface area (Å²) in [5, 5.41) is 1.16. The van der Waals surface area contributed by atoms with Gasteiger partial charge in [0.25, 0.3) is 6.71 Å². The van der Waals surface area contributed by atoms with E-state index in [1.54, 1.807) is 0 Å². The minimum Gasteiger partial charge on any atom is -0.485 e. The lowest BCUT2D eigenvalue weighted by Crippen LogP contribution is -2.61. The first-order chi connectivity index (χ1) is 31.8. The Balaban J connectivity index is 1.26. The zero-order chi connectivity index (χ0) is 47.1. The van der Waals surface area contributed by atoms with E-state index in [4.69, 9.17) is 9.15 Å². The molecule has 0 radical (unpaired) electrons. The highest BCUT2D eigenvalue weighted by Crippen LogP contribution is 2.52. The highest BCUT2D eigenvalue weighted by Gasteiger charge is 2.48. The average Bonchev–Trinajstić information content (AvgIpc) is 3.83. The van der Waals surface area contributed by atoms with Crippen molar-refractivity contribution in [3.8, 4) is 16.9 Å². The van der Waals surface area contributed by atoms with Gasteiger partial charge in [0.15, 0.2) is 0 Å². The molecular formula is C62H63BN2O2. The van der Waals surface area contributed by atoms with Gasteiger partial charge in [0, 0.05) is 45.0 Å². The minimum absolute atomic E-state index is 0.00150. The van der Waals surface area contributed by atoms with Crippen LogP contribution in [0.25, 0.3) is 22.1 Å². The second kappa shape index (κ2) is 15.0. The summed E-state index contributed by atoms with van der Waals surface area (Å²) in [7, 11) is 0.